The Labute approximate surface area is 53.7 Å². The van der Waals surface area contributed by atoms with E-state index in [1.165, 1.54) is 0 Å². The maximum absolute atomic E-state index is 11.1. The average Bonchev–Trinajstić information content (AvgIpc) is 1.30. The van der Waals surface area contributed by atoms with Gasteiger partial charge in [0.15, 0.2) is 5.87 Å². The summed E-state index contributed by atoms with van der Waals surface area (Å²) in [5.74, 6) is 2.94. The van der Waals surface area contributed by atoms with E-state index in [-0.39, 0.29) is 0 Å². The van der Waals surface area contributed by atoms with Crippen molar-refractivity contribution in [3.8, 4) is 0 Å². The minimum absolute atomic E-state index is 2.94. The second kappa shape index (κ2) is 1.85. The monoisotopic (exact) mass is 236 g/mol. The zero-order valence-electron chi connectivity index (χ0n) is 3.87. The molecule has 9 heavy (non-hydrogen) atoms. The molecule has 0 atom stereocenters. The Hall–Kier alpha value is 0.228. The molecule has 0 amide bonds. The Kier molecular flexibility index (Phi) is 2.46. The van der Waals surface area contributed by atoms with Crippen molar-refractivity contribution in [3.05, 3.63) is 0 Å². The van der Waals surface area contributed by atoms with Crippen LogP contribution in [0.1, 0.15) is 0 Å². The quantitative estimate of drug-likeness (QED) is 0.198. The van der Waals surface area contributed by atoms with Crippen LogP contribution in [0.25, 0.3) is 0 Å². The molecule has 0 aromatic rings. The molecule has 0 aliphatic heterocycles. The molecule has 0 fully saturated rings. The van der Waals surface area contributed by atoms with Gasteiger partial charge in [0.25, 0.3) is 0 Å². The van der Waals surface area contributed by atoms with E-state index < -0.39 is 14.2 Å². The Morgan fingerprint density at radius 1 is 0.778 bits per heavy atom. The maximum atomic E-state index is 9.91. The SMILES string of the molecule is C=[SH+].F[As-](F)(F)(F)(F)F. The van der Waals surface area contributed by atoms with Crippen LogP contribution < -0.4 is 0 Å². The van der Waals surface area contributed by atoms with Crippen LogP contribution in [-0.4, -0.2) is 20.0 Å². The fraction of sp³-hybridized carbons (Fsp3) is 0. The Morgan fingerprint density at radius 3 is 0.778 bits per heavy atom. The molecule has 0 aromatic carbocycles. The van der Waals surface area contributed by atoms with E-state index in [0.29, 0.717) is 0 Å². The molecule has 0 N–H and O–H groups in total. The molecule has 0 rings (SSSR count). The van der Waals surface area contributed by atoms with Gasteiger partial charge in [-0.1, -0.05) is 0 Å². The first-order valence-electron chi connectivity index (χ1n) is 1.33. The van der Waals surface area contributed by atoms with Crippen LogP contribution >= 0.6 is 0 Å². The summed E-state index contributed by atoms with van der Waals surface area (Å²) < 4.78 is 59.4. The fourth-order valence-corrected chi connectivity index (χ4v) is 0. The molecule has 0 aliphatic carbocycles. The first-order valence-corrected chi connectivity index (χ1v) is 6.22. The van der Waals surface area contributed by atoms with Crippen molar-refractivity contribution < 1.29 is 20.8 Å². The van der Waals surface area contributed by atoms with Gasteiger partial charge in [-0.3, -0.25) is 0 Å². The molecule has 0 unspecified atom stereocenters. The zero-order chi connectivity index (χ0) is 8.41. The molecule has 0 nitrogen and oxygen atoms in total. The van der Waals surface area contributed by atoms with Crippen molar-refractivity contribution >= 4 is 32.3 Å². The number of rotatable bonds is 0. The van der Waals surface area contributed by atoms with Crippen LogP contribution in [-0.2, 0) is 12.2 Å². The molecule has 0 bridgehead atoms. The topological polar surface area (TPSA) is 0 Å². The van der Waals surface area contributed by atoms with Gasteiger partial charge >= 0.3 is 35.0 Å². The van der Waals surface area contributed by atoms with Gasteiger partial charge in [-0.05, 0) is 0 Å². The summed E-state index contributed by atoms with van der Waals surface area (Å²) >= 11 is -7.78. The average molecular weight is 236 g/mol. The third kappa shape index (κ3) is 6120. The summed E-state index contributed by atoms with van der Waals surface area (Å²) in [6, 6.07) is 0. The van der Waals surface area contributed by atoms with E-state index in [9.17, 15) is 20.8 Å². The second-order valence-electron chi connectivity index (χ2n) is 0.958. The first-order chi connectivity index (χ1) is 3.45. The van der Waals surface area contributed by atoms with Crippen LogP contribution in [0.5, 0.6) is 0 Å². The van der Waals surface area contributed by atoms with Gasteiger partial charge in [-0.25, -0.2) is 0 Å². The van der Waals surface area contributed by atoms with Crippen LogP contribution in [0.3, 0.4) is 0 Å². The van der Waals surface area contributed by atoms with Crippen molar-refractivity contribution in [2.75, 3.05) is 0 Å². The van der Waals surface area contributed by atoms with Gasteiger partial charge in [0.1, 0.15) is 12.2 Å². The van der Waals surface area contributed by atoms with Gasteiger partial charge in [-0.2, -0.15) is 0 Å². The molecule has 0 radical (unpaired) electrons. The second-order valence-corrected chi connectivity index (χ2v) is 4.98. The van der Waals surface area contributed by atoms with E-state index in [0.717, 1.165) is 0 Å². The summed E-state index contributed by atoms with van der Waals surface area (Å²) in [4.78, 5) is 0. The van der Waals surface area contributed by atoms with Crippen molar-refractivity contribution in [1.29, 1.82) is 0 Å². The van der Waals surface area contributed by atoms with Gasteiger partial charge in [0.05, 0.1) is 0 Å². The van der Waals surface area contributed by atoms with Crippen LogP contribution in [0.2, 0.25) is 0 Å². The Morgan fingerprint density at radius 2 is 0.778 bits per heavy atom. The van der Waals surface area contributed by atoms with Crippen LogP contribution in [0.15, 0.2) is 0 Å². The van der Waals surface area contributed by atoms with E-state index in [1.807, 2.05) is 0 Å². The first kappa shape index (κ1) is 12.0. The summed E-state index contributed by atoms with van der Waals surface area (Å²) in [6.45, 7) is 0. The normalized spacial score (nSPS) is 18.4. The van der Waals surface area contributed by atoms with Gasteiger partial charge < -0.3 is 0 Å². The van der Waals surface area contributed by atoms with Gasteiger partial charge in [0.2, 0.25) is 0 Å². The third-order valence-electron chi connectivity index (χ3n) is 0. The molecule has 0 spiro atoms. The van der Waals surface area contributed by atoms with Crippen molar-refractivity contribution in [2.45, 2.75) is 0 Å². The van der Waals surface area contributed by atoms with E-state index in [1.54, 1.807) is 0 Å². The standard InChI is InChI=1S/CH2S.AsF6/c1-2;2-1(3,4,5,6)7/h1H2;/q;-1/p+1. The molecular weight excluding hydrogens is 233 g/mol. The van der Waals surface area contributed by atoms with Crippen LogP contribution in [0, 0.1) is 0 Å². The van der Waals surface area contributed by atoms with E-state index in [4.69, 9.17) is 0 Å². The predicted molar refractivity (Wildman–Crippen MR) is 28.3 cm³/mol. The number of hydrogen-bond donors (Lipinski definition) is 0. The molecule has 0 aromatic heterocycles. The Bertz CT molecular complexity index is 82.4. The summed E-state index contributed by atoms with van der Waals surface area (Å²) in [6.07, 6.45) is 0. The third-order valence-corrected chi connectivity index (χ3v) is 0. The molecule has 0 saturated carbocycles. The molecule has 8 heteroatoms. The summed E-state index contributed by atoms with van der Waals surface area (Å²) in [7, 11) is 0. The molecule has 0 aliphatic rings. The summed E-state index contributed by atoms with van der Waals surface area (Å²) in [5.41, 5.74) is 0. The van der Waals surface area contributed by atoms with Gasteiger partial charge in [0, 0.05) is 0 Å². The molecule has 60 valence electrons. The predicted octanol–water partition coefficient (Wildman–Crippen LogP) is 1.84. The Balaban J connectivity index is 0. The van der Waals surface area contributed by atoms with E-state index >= 15 is 0 Å². The van der Waals surface area contributed by atoms with Gasteiger partial charge in [-0.15, -0.1) is 0 Å². The van der Waals surface area contributed by atoms with E-state index in [2.05, 4.69) is 18.1 Å². The van der Waals surface area contributed by atoms with Crippen molar-refractivity contribution in [2.24, 2.45) is 0 Å². The molecular formula is CH3AsF6S. The van der Waals surface area contributed by atoms with Crippen LogP contribution in [0.4, 0.5) is 20.8 Å². The molecule has 0 saturated heterocycles. The molecule has 0 heterocycles. The minimum atomic E-state index is -11.1. The van der Waals surface area contributed by atoms with Crippen molar-refractivity contribution in [1.82, 2.24) is 0 Å². The summed E-state index contributed by atoms with van der Waals surface area (Å²) in [5, 5.41) is 0. The van der Waals surface area contributed by atoms with Crippen molar-refractivity contribution in [3.63, 3.8) is 0 Å². The number of hydrogen-bond acceptors (Lipinski definition) is 0. The number of halogens is 6. The number of thiol groups is 1. The fourth-order valence-electron chi connectivity index (χ4n) is 0. The zero-order valence-corrected chi connectivity index (χ0v) is 6.64.